The number of nitrogens with one attached hydrogen (secondary N) is 2. The van der Waals surface area contributed by atoms with Crippen molar-refractivity contribution in [2.45, 2.75) is 23.6 Å². The number of ether oxygens (including phenoxy) is 1. The predicted molar refractivity (Wildman–Crippen MR) is 156 cm³/mol. The minimum atomic E-state index is -0.730. The molecular formula is C28H20Cl4N2O3S. The van der Waals surface area contributed by atoms with Crippen molar-refractivity contribution in [1.82, 2.24) is 5.32 Å². The van der Waals surface area contributed by atoms with Crippen LogP contribution < -0.4 is 15.4 Å². The van der Waals surface area contributed by atoms with Gasteiger partial charge < -0.3 is 10.1 Å². The summed E-state index contributed by atoms with van der Waals surface area (Å²) in [5.74, 6) is 0.457. The number of amides is 3. The van der Waals surface area contributed by atoms with Gasteiger partial charge in [0, 0.05) is 26.1 Å². The van der Waals surface area contributed by atoms with Crippen LogP contribution in [0.1, 0.15) is 21.5 Å². The van der Waals surface area contributed by atoms with Gasteiger partial charge in [0.2, 0.25) is 0 Å². The standard InChI is InChI=1S/C28H20Cl4N2O3S/c1-15-14-23(16(2)25(32)26(15)38-20-12-6-17(29)7-13-20)37-19-10-8-18(9-11-19)33-28(36)34-27(35)24-21(30)4-3-5-22(24)31/h3-14H,1-2H3,(H2,33,34,35,36). The van der Waals surface area contributed by atoms with Crippen LogP contribution in [0.4, 0.5) is 10.5 Å². The van der Waals surface area contributed by atoms with Crippen molar-refractivity contribution < 1.29 is 14.3 Å². The third-order valence-corrected chi connectivity index (χ3v) is 8.10. The van der Waals surface area contributed by atoms with E-state index >= 15 is 0 Å². The molecule has 0 spiro atoms. The molecule has 0 radical (unpaired) electrons. The lowest BCUT2D eigenvalue weighted by Crippen LogP contribution is -2.34. The molecule has 0 saturated carbocycles. The summed E-state index contributed by atoms with van der Waals surface area (Å²) in [7, 11) is 0. The van der Waals surface area contributed by atoms with Crippen LogP contribution in [0.5, 0.6) is 11.5 Å². The summed E-state index contributed by atoms with van der Waals surface area (Å²) in [6.45, 7) is 3.87. The first kappa shape index (κ1) is 28.1. The second-order valence-corrected chi connectivity index (χ2v) is 10.9. The Balaban J connectivity index is 1.41. The fraction of sp³-hybridized carbons (Fsp3) is 0.0714. The number of hydrogen-bond acceptors (Lipinski definition) is 4. The zero-order valence-corrected chi connectivity index (χ0v) is 23.9. The van der Waals surface area contributed by atoms with Gasteiger partial charge >= 0.3 is 6.03 Å². The van der Waals surface area contributed by atoms with Gasteiger partial charge in [0.15, 0.2) is 0 Å². The van der Waals surface area contributed by atoms with Crippen LogP contribution in [0.3, 0.4) is 0 Å². The van der Waals surface area contributed by atoms with E-state index in [4.69, 9.17) is 51.1 Å². The highest BCUT2D eigenvalue weighted by atomic mass is 35.5. The Hall–Kier alpha value is -2.87. The second-order valence-electron chi connectivity index (χ2n) is 8.15. The zero-order valence-electron chi connectivity index (χ0n) is 20.1. The quantitative estimate of drug-likeness (QED) is 0.229. The summed E-state index contributed by atoms with van der Waals surface area (Å²) in [6.07, 6.45) is 0. The molecule has 0 atom stereocenters. The molecule has 0 saturated heterocycles. The number of benzene rings is 4. The Bertz CT molecular complexity index is 1490. The van der Waals surface area contributed by atoms with Gasteiger partial charge in [-0.25, -0.2) is 4.79 Å². The SMILES string of the molecule is Cc1cc(Oc2ccc(NC(=O)NC(=O)c3c(Cl)cccc3Cl)cc2)c(C)c(Cl)c1Sc1ccc(Cl)cc1. The first-order valence-corrected chi connectivity index (χ1v) is 13.5. The van der Waals surface area contributed by atoms with E-state index < -0.39 is 11.9 Å². The molecular weight excluding hydrogens is 586 g/mol. The Morgan fingerprint density at radius 1 is 0.842 bits per heavy atom. The topological polar surface area (TPSA) is 67.4 Å². The maximum absolute atomic E-state index is 12.4. The number of hydrogen-bond donors (Lipinski definition) is 2. The summed E-state index contributed by atoms with van der Waals surface area (Å²) in [4.78, 5) is 26.7. The Morgan fingerprint density at radius 3 is 2.11 bits per heavy atom. The Morgan fingerprint density at radius 2 is 1.47 bits per heavy atom. The molecule has 194 valence electrons. The molecule has 0 aliphatic heterocycles. The molecule has 0 bridgehead atoms. The first-order chi connectivity index (χ1) is 18.1. The summed E-state index contributed by atoms with van der Waals surface area (Å²) in [5.41, 5.74) is 2.24. The fourth-order valence-electron chi connectivity index (χ4n) is 3.45. The van der Waals surface area contributed by atoms with Gasteiger partial charge in [0.05, 0.1) is 20.6 Å². The number of halogens is 4. The van der Waals surface area contributed by atoms with Gasteiger partial charge in [-0.3, -0.25) is 10.1 Å². The van der Waals surface area contributed by atoms with Gasteiger partial charge in [0.25, 0.3) is 5.91 Å². The highest BCUT2D eigenvalue weighted by molar-refractivity contribution is 7.99. The van der Waals surface area contributed by atoms with Gasteiger partial charge in [-0.1, -0.05) is 64.2 Å². The molecule has 5 nitrogen and oxygen atoms in total. The van der Waals surface area contributed by atoms with E-state index in [1.54, 1.807) is 42.1 Å². The number of aryl methyl sites for hydroxylation is 1. The highest BCUT2D eigenvalue weighted by Gasteiger charge is 2.18. The van der Waals surface area contributed by atoms with Crippen LogP contribution in [-0.4, -0.2) is 11.9 Å². The van der Waals surface area contributed by atoms with Crippen molar-refractivity contribution in [2.24, 2.45) is 0 Å². The Kier molecular flexibility index (Phi) is 9.13. The lowest BCUT2D eigenvalue weighted by Gasteiger charge is -2.16. The third-order valence-electron chi connectivity index (χ3n) is 5.39. The van der Waals surface area contributed by atoms with Crippen LogP contribution in [-0.2, 0) is 0 Å². The van der Waals surface area contributed by atoms with E-state index in [-0.39, 0.29) is 15.6 Å². The van der Waals surface area contributed by atoms with E-state index in [1.165, 1.54) is 12.1 Å². The van der Waals surface area contributed by atoms with Gasteiger partial charge in [0.1, 0.15) is 11.5 Å². The average molecular weight is 606 g/mol. The molecule has 0 aliphatic carbocycles. The monoisotopic (exact) mass is 604 g/mol. The lowest BCUT2D eigenvalue weighted by molar-refractivity contribution is 0.0967. The number of carbonyl (C=O) groups is 2. The molecule has 3 amide bonds. The first-order valence-electron chi connectivity index (χ1n) is 11.2. The van der Waals surface area contributed by atoms with Gasteiger partial charge in [-0.2, -0.15) is 0 Å². The average Bonchev–Trinajstić information content (AvgIpc) is 2.87. The molecule has 4 rings (SSSR count). The van der Waals surface area contributed by atoms with E-state index in [2.05, 4.69) is 10.6 Å². The molecule has 4 aromatic carbocycles. The van der Waals surface area contributed by atoms with Crippen molar-refractivity contribution in [1.29, 1.82) is 0 Å². The van der Waals surface area contributed by atoms with E-state index in [1.807, 2.05) is 44.2 Å². The van der Waals surface area contributed by atoms with Crippen molar-refractivity contribution in [2.75, 3.05) is 5.32 Å². The normalized spacial score (nSPS) is 10.7. The van der Waals surface area contributed by atoms with Crippen molar-refractivity contribution in [3.8, 4) is 11.5 Å². The molecule has 2 N–H and O–H groups in total. The van der Waals surface area contributed by atoms with E-state index in [9.17, 15) is 9.59 Å². The molecule has 0 aromatic heterocycles. The molecule has 0 heterocycles. The van der Waals surface area contributed by atoms with Crippen LogP contribution >= 0.6 is 58.2 Å². The molecule has 0 fully saturated rings. The fourth-order valence-corrected chi connectivity index (χ4v) is 5.47. The number of urea groups is 1. The minimum absolute atomic E-state index is 0.0247. The second kappa shape index (κ2) is 12.3. The van der Waals surface area contributed by atoms with Crippen LogP contribution in [0.2, 0.25) is 20.1 Å². The van der Waals surface area contributed by atoms with Gasteiger partial charge in [-0.15, -0.1) is 0 Å². The summed E-state index contributed by atoms with van der Waals surface area (Å²) >= 11 is 26.3. The molecule has 38 heavy (non-hydrogen) atoms. The number of imide groups is 1. The number of anilines is 1. The van der Waals surface area contributed by atoms with Crippen molar-refractivity contribution in [3.63, 3.8) is 0 Å². The summed E-state index contributed by atoms with van der Waals surface area (Å²) in [5, 5.41) is 6.38. The lowest BCUT2D eigenvalue weighted by atomic mass is 10.1. The maximum atomic E-state index is 12.4. The van der Waals surface area contributed by atoms with Crippen molar-refractivity contribution in [3.05, 3.63) is 110 Å². The minimum Gasteiger partial charge on any atom is -0.457 e. The van der Waals surface area contributed by atoms with Gasteiger partial charge in [-0.05, 0) is 86.1 Å². The number of carbonyl (C=O) groups excluding carboxylic acids is 2. The molecule has 4 aromatic rings. The highest BCUT2D eigenvalue weighted by Crippen LogP contribution is 2.42. The van der Waals surface area contributed by atoms with E-state index in [0.717, 1.165) is 20.9 Å². The summed E-state index contributed by atoms with van der Waals surface area (Å²) < 4.78 is 6.08. The summed E-state index contributed by atoms with van der Waals surface area (Å²) in [6, 6.07) is 20.1. The molecule has 0 aliphatic rings. The van der Waals surface area contributed by atoms with Crippen LogP contribution in [0.25, 0.3) is 0 Å². The van der Waals surface area contributed by atoms with Crippen LogP contribution in [0, 0.1) is 13.8 Å². The van der Waals surface area contributed by atoms with E-state index in [0.29, 0.717) is 27.2 Å². The van der Waals surface area contributed by atoms with Crippen LogP contribution in [0.15, 0.2) is 82.6 Å². The number of rotatable bonds is 6. The zero-order chi connectivity index (χ0) is 27.4. The molecule has 10 heteroatoms. The largest absolute Gasteiger partial charge is 0.457 e. The van der Waals surface area contributed by atoms with Crippen molar-refractivity contribution >= 4 is 75.8 Å². The molecule has 0 unspecified atom stereocenters. The predicted octanol–water partition coefficient (Wildman–Crippen LogP) is 9.82. The smallest absolute Gasteiger partial charge is 0.326 e. The Labute approximate surface area is 244 Å². The maximum Gasteiger partial charge on any atom is 0.326 e. The third kappa shape index (κ3) is 6.76.